The van der Waals surface area contributed by atoms with Gasteiger partial charge in [-0.05, 0) is 59.5 Å². The molecule has 0 spiro atoms. The van der Waals surface area contributed by atoms with Crippen LogP contribution in [0.5, 0.6) is 11.5 Å². The number of halogens is 7. The summed E-state index contributed by atoms with van der Waals surface area (Å²) in [6, 6.07) is 17.1. The molecule has 9 heteroatoms. The number of hydrogen-bond donors (Lipinski definition) is 0. The third-order valence-electron chi connectivity index (χ3n) is 5.69. The highest BCUT2D eigenvalue weighted by Gasteiger charge is 2.37. The molecule has 0 fully saturated rings. The maximum absolute atomic E-state index is 14.7. The minimum absolute atomic E-state index is 0.261. The van der Waals surface area contributed by atoms with E-state index in [1.54, 1.807) is 0 Å². The lowest BCUT2D eigenvalue weighted by molar-refractivity contribution is -0.187. The monoisotopic (exact) mass is 534 g/mol. The molecular formula is C29H21F7O2. The van der Waals surface area contributed by atoms with Crippen LogP contribution in [-0.4, -0.2) is 0 Å². The van der Waals surface area contributed by atoms with Crippen LogP contribution in [0.15, 0.2) is 84.9 Å². The summed E-state index contributed by atoms with van der Waals surface area (Å²) in [7, 11) is 0. The standard InChI is InChI=1S/C29H21F7O2/c1-2-3-18-4-6-19(7-5-18)20-8-10-21(11-9-20)28(33,34)37-23-14-12-22(13-15-23)29(35,36)38-24-16-25(30)27(32)26(31)17-24/h4-17H,2-3H2,1H3. The van der Waals surface area contributed by atoms with Gasteiger partial charge in [-0.1, -0.05) is 49.7 Å². The van der Waals surface area contributed by atoms with E-state index in [2.05, 4.69) is 11.7 Å². The van der Waals surface area contributed by atoms with E-state index in [9.17, 15) is 30.7 Å². The summed E-state index contributed by atoms with van der Waals surface area (Å²) in [6.07, 6.45) is -5.92. The van der Waals surface area contributed by atoms with Crippen LogP contribution in [-0.2, 0) is 18.6 Å². The van der Waals surface area contributed by atoms with E-state index in [1.807, 2.05) is 24.3 Å². The molecule has 0 heterocycles. The fourth-order valence-electron chi connectivity index (χ4n) is 3.73. The molecule has 0 unspecified atom stereocenters. The highest BCUT2D eigenvalue weighted by molar-refractivity contribution is 5.64. The molecule has 0 aliphatic rings. The van der Waals surface area contributed by atoms with E-state index in [0.29, 0.717) is 0 Å². The quantitative estimate of drug-likeness (QED) is 0.158. The van der Waals surface area contributed by atoms with Gasteiger partial charge in [0, 0.05) is 12.1 Å². The van der Waals surface area contributed by atoms with E-state index < -0.39 is 52.3 Å². The van der Waals surface area contributed by atoms with Crippen molar-refractivity contribution in [1.29, 1.82) is 0 Å². The lowest BCUT2D eigenvalue weighted by atomic mass is 10.0. The van der Waals surface area contributed by atoms with Crippen molar-refractivity contribution in [2.75, 3.05) is 0 Å². The highest BCUT2D eigenvalue weighted by atomic mass is 19.3. The second-order valence-corrected chi connectivity index (χ2v) is 8.49. The molecule has 0 N–H and O–H groups in total. The summed E-state index contributed by atoms with van der Waals surface area (Å²) < 4.78 is 107. The first-order valence-electron chi connectivity index (χ1n) is 11.6. The summed E-state index contributed by atoms with van der Waals surface area (Å²) in [4.78, 5) is 0. The van der Waals surface area contributed by atoms with Crippen molar-refractivity contribution < 1.29 is 40.2 Å². The first kappa shape index (κ1) is 27.0. The van der Waals surface area contributed by atoms with Crippen molar-refractivity contribution in [3.05, 3.63) is 119 Å². The first-order chi connectivity index (χ1) is 18.0. The van der Waals surface area contributed by atoms with E-state index >= 15 is 0 Å². The molecule has 0 aliphatic carbocycles. The summed E-state index contributed by atoms with van der Waals surface area (Å²) in [6.45, 7) is 2.08. The lowest BCUT2D eigenvalue weighted by Crippen LogP contribution is -2.23. The molecule has 2 nitrogen and oxygen atoms in total. The smallest absolute Gasteiger partial charge is 0.426 e. The molecule has 0 bridgehead atoms. The average Bonchev–Trinajstić information content (AvgIpc) is 2.88. The molecule has 4 aromatic rings. The third-order valence-corrected chi connectivity index (χ3v) is 5.69. The normalized spacial score (nSPS) is 11.9. The molecule has 4 rings (SSSR count). The molecule has 38 heavy (non-hydrogen) atoms. The van der Waals surface area contributed by atoms with E-state index in [-0.39, 0.29) is 12.1 Å². The van der Waals surface area contributed by atoms with Gasteiger partial charge in [0.25, 0.3) is 0 Å². The van der Waals surface area contributed by atoms with Crippen LogP contribution >= 0.6 is 0 Å². The van der Waals surface area contributed by atoms with Gasteiger partial charge in [0.05, 0.1) is 11.1 Å². The van der Waals surface area contributed by atoms with Crippen molar-refractivity contribution in [1.82, 2.24) is 0 Å². The second-order valence-electron chi connectivity index (χ2n) is 8.49. The van der Waals surface area contributed by atoms with Crippen LogP contribution in [0.2, 0.25) is 0 Å². The van der Waals surface area contributed by atoms with Gasteiger partial charge in [0.2, 0.25) is 0 Å². The van der Waals surface area contributed by atoms with Crippen LogP contribution in [0.3, 0.4) is 0 Å². The fraction of sp³-hybridized carbons (Fsp3) is 0.172. The second kappa shape index (κ2) is 10.8. The predicted octanol–water partition coefficient (Wildman–Crippen LogP) is 8.98. The molecular weight excluding hydrogens is 513 g/mol. The Bertz CT molecular complexity index is 1360. The summed E-state index contributed by atoms with van der Waals surface area (Å²) in [5, 5.41) is 0. The SMILES string of the molecule is CCCc1ccc(-c2ccc(C(F)(F)Oc3ccc(C(F)(F)Oc4cc(F)c(F)c(F)c4)cc3)cc2)cc1. The minimum Gasteiger partial charge on any atom is -0.429 e. The van der Waals surface area contributed by atoms with Crippen molar-refractivity contribution in [3.8, 4) is 22.6 Å². The van der Waals surface area contributed by atoms with Crippen LogP contribution in [0, 0.1) is 17.5 Å². The Balaban J connectivity index is 1.44. The maximum Gasteiger partial charge on any atom is 0.426 e. The van der Waals surface area contributed by atoms with Crippen LogP contribution < -0.4 is 9.47 Å². The Hall–Kier alpha value is -4.01. The van der Waals surface area contributed by atoms with Crippen molar-refractivity contribution in [3.63, 3.8) is 0 Å². The molecule has 0 atom stereocenters. The number of aryl methyl sites for hydroxylation is 1. The molecule has 0 aliphatic heterocycles. The number of ether oxygens (including phenoxy) is 2. The molecule has 0 saturated heterocycles. The molecule has 198 valence electrons. The zero-order valence-electron chi connectivity index (χ0n) is 20.0. The number of benzene rings is 4. The maximum atomic E-state index is 14.7. The Morgan fingerprint density at radius 2 is 1.00 bits per heavy atom. The first-order valence-corrected chi connectivity index (χ1v) is 11.6. The number of rotatable bonds is 9. The van der Waals surface area contributed by atoms with Crippen LogP contribution in [0.4, 0.5) is 30.7 Å². The fourth-order valence-corrected chi connectivity index (χ4v) is 3.73. The van der Waals surface area contributed by atoms with E-state index in [0.717, 1.165) is 48.2 Å². The summed E-state index contributed by atoms with van der Waals surface area (Å²) in [5.74, 6) is -6.62. The molecule has 0 saturated carbocycles. The number of alkyl halides is 4. The van der Waals surface area contributed by atoms with E-state index in [4.69, 9.17) is 4.74 Å². The van der Waals surface area contributed by atoms with Crippen LogP contribution in [0.1, 0.15) is 30.0 Å². The average molecular weight is 534 g/mol. The summed E-state index contributed by atoms with van der Waals surface area (Å²) >= 11 is 0. The lowest BCUT2D eigenvalue weighted by Gasteiger charge is -2.21. The Morgan fingerprint density at radius 3 is 1.47 bits per heavy atom. The topological polar surface area (TPSA) is 18.5 Å². The summed E-state index contributed by atoms with van der Waals surface area (Å²) in [5.41, 5.74) is 1.53. The Kier molecular flexibility index (Phi) is 7.66. The molecule has 0 radical (unpaired) electrons. The van der Waals surface area contributed by atoms with Gasteiger partial charge in [-0.15, -0.1) is 0 Å². The van der Waals surface area contributed by atoms with Crippen molar-refractivity contribution >= 4 is 0 Å². The zero-order chi connectivity index (χ0) is 27.5. The van der Waals surface area contributed by atoms with E-state index in [1.165, 1.54) is 29.8 Å². The van der Waals surface area contributed by atoms with Gasteiger partial charge in [-0.25, -0.2) is 13.2 Å². The Morgan fingerprint density at radius 1 is 0.579 bits per heavy atom. The number of hydrogen-bond acceptors (Lipinski definition) is 2. The highest BCUT2D eigenvalue weighted by Crippen LogP contribution is 2.36. The largest absolute Gasteiger partial charge is 0.429 e. The predicted molar refractivity (Wildman–Crippen MR) is 128 cm³/mol. The zero-order valence-corrected chi connectivity index (χ0v) is 20.0. The van der Waals surface area contributed by atoms with Crippen molar-refractivity contribution in [2.24, 2.45) is 0 Å². The van der Waals surface area contributed by atoms with Gasteiger partial charge >= 0.3 is 12.2 Å². The van der Waals surface area contributed by atoms with Gasteiger partial charge in [0.1, 0.15) is 11.5 Å². The van der Waals surface area contributed by atoms with Gasteiger partial charge < -0.3 is 9.47 Å². The van der Waals surface area contributed by atoms with Crippen molar-refractivity contribution in [2.45, 2.75) is 32.0 Å². The third kappa shape index (κ3) is 6.10. The Labute approximate surface area is 214 Å². The van der Waals surface area contributed by atoms with Gasteiger partial charge in [0.15, 0.2) is 17.5 Å². The van der Waals surface area contributed by atoms with Crippen LogP contribution in [0.25, 0.3) is 11.1 Å². The molecule has 4 aromatic carbocycles. The van der Waals surface area contributed by atoms with Gasteiger partial charge in [-0.2, -0.15) is 17.6 Å². The minimum atomic E-state index is -4.11. The van der Waals surface area contributed by atoms with Gasteiger partial charge in [-0.3, -0.25) is 0 Å². The molecule has 0 amide bonds. The molecule has 0 aromatic heterocycles.